The Balaban J connectivity index is 2.00. The summed E-state index contributed by atoms with van der Waals surface area (Å²) in [6.45, 7) is 2.90. The van der Waals surface area contributed by atoms with Crippen molar-refractivity contribution in [2.24, 2.45) is 5.73 Å². The van der Waals surface area contributed by atoms with Gasteiger partial charge in [-0.1, -0.05) is 0 Å². The lowest BCUT2D eigenvalue weighted by molar-refractivity contribution is 0.0695. The first-order valence-corrected chi connectivity index (χ1v) is 9.08. The summed E-state index contributed by atoms with van der Waals surface area (Å²) < 4.78 is 29.7. The van der Waals surface area contributed by atoms with E-state index in [4.69, 9.17) is 5.73 Å². The molecule has 3 aromatic rings. The highest BCUT2D eigenvalue weighted by molar-refractivity contribution is 5.94. The first kappa shape index (κ1) is 19.1. The lowest BCUT2D eigenvalue weighted by atomic mass is 10.0. The van der Waals surface area contributed by atoms with Crippen LogP contribution in [0.25, 0.3) is 16.6 Å². The fraction of sp³-hybridized carbons (Fsp3) is 0.238. The fourth-order valence-electron chi connectivity index (χ4n) is 3.73. The average Bonchev–Trinajstić information content (AvgIpc) is 3.02. The van der Waals surface area contributed by atoms with Gasteiger partial charge in [0.1, 0.15) is 17.2 Å². The van der Waals surface area contributed by atoms with Crippen molar-refractivity contribution in [1.29, 1.82) is 0 Å². The third-order valence-corrected chi connectivity index (χ3v) is 5.25. The molecule has 1 fully saturated rings. The molecule has 0 amide bonds. The number of rotatable bonds is 3. The maximum absolute atomic E-state index is 14.9. The second-order valence-corrected chi connectivity index (χ2v) is 7.67. The highest BCUT2D eigenvalue weighted by atomic mass is 19.1. The van der Waals surface area contributed by atoms with Crippen LogP contribution < -0.4 is 16.1 Å². The van der Waals surface area contributed by atoms with Crippen LogP contribution in [0.5, 0.6) is 0 Å². The van der Waals surface area contributed by atoms with Crippen LogP contribution >= 0.6 is 0 Å². The van der Waals surface area contributed by atoms with Crippen molar-refractivity contribution in [2.45, 2.75) is 18.9 Å². The SMILES string of the molecule is CC1(N)CCN(c2cc3c(cc2F)c(=O)c(C(=O)O)cn3-c2ccc(F)cc2)C1. The molecular weight excluding hydrogens is 380 g/mol. The lowest BCUT2D eigenvalue weighted by Crippen LogP contribution is -2.39. The zero-order valence-corrected chi connectivity index (χ0v) is 15.7. The van der Waals surface area contributed by atoms with Crippen molar-refractivity contribution in [3.8, 4) is 5.69 Å². The van der Waals surface area contributed by atoms with Crippen LogP contribution in [-0.4, -0.2) is 34.3 Å². The van der Waals surface area contributed by atoms with Crippen molar-refractivity contribution in [2.75, 3.05) is 18.0 Å². The Labute approximate surface area is 164 Å². The van der Waals surface area contributed by atoms with E-state index in [9.17, 15) is 23.5 Å². The summed E-state index contributed by atoms with van der Waals surface area (Å²) in [6.07, 6.45) is 1.87. The zero-order chi connectivity index (χ0) is 20.9. The molecule has 0 aliphatic carbocycles. The molecule has 8 heteroatoms. The lowest BCUT2D eigenvalue weighted by Gasteiger charge is -2.23. The number of anilines is 1. The maximum Gasteiger partial charge on any atom is 0.341 e. The summed E-state index contributed by atoms with van der Waals surface area (Å²) in [6, 6.07) is 7.95. The number of benzene rings is 2. The van der Waals surface area contributed by atoms with Gasteiger partial charge in [-0.3, -0.25) is 4.79 Å². The first-order valence-electron chi connectivity index (χ1n) is 9.08. The molecule has 29 heavy (non-hydrogen) atoms. The largest absolute Gasteiger partial charge is 0.477 e. The molecule has 1 atom stereocenters. The summed E-state index contributed by atoms with van der Waals surface area (Å²) in [7, 11) is 0. The number of pyridine rings is 1. The molecule has 1 aliphatic rings. The minimum absolute atomic E-state index is 0.0646. The average molecular weight is 399 g/mol. The Bertz CT molecular complexity index is 1190. The van der Waals surface area contributed by atoms with Gasteiger partial charge in [0, 0.05) is 35.9 Å². The maximum atomic E-state index is 14.9. The predicted octanol–water partition coefficient (Wildman–Crippen LogP) is 2.89. The Morgan fingerprint density at radius 1 is 1.21 bits per heavy atom. The normalized spacial score (nSPS) is 19.1. The van der Waals surface area contributed by atoms with Gasteiger partial charge in [0.05, 0.1) is 11.2 Å². The molecule has 4 rings (SSSR count). The summed E-state index contributed by atoms with van der Waals surface area (Å²) in [5, 5.41) is 9.34. The molecule has 6 nitrogen and oxygen atoms in total. The van der Waals surface area contributed by atoms with Gasteiger partial charge < -0.3 is 20.3 Å². The van der Waals surface area contributed by atoms with Gasteiger partial charge in [0.25, 0.3) is 0 Å². The van der Waals surface area contributed by atoms with Crippen LogP contribution in [-0.2, 0) is 0 Å². The molecule has 1 unspecified atom stereocenters. The molecule has 1 saturated heterocycles. The molecule has 2 heterocycles. The summed E-state index contributed by atoms with van der Waals surface area (Å²) in [5.74, 6) is -2.50. The van der Waals surface area contributed by atoms with E-state index in [0.29, 0.717) is 30.7 Å². The van der Waals surface area contributed by atoms with E-state index >= 15 is 0 Å². The highest BCUT2D eigenvalue weighted by Crippen LogP contribution is 2.31. The van der Waals surface area contributed by atoms with Crippen molar-refractivity contribution >= 4 is 22.6 Å². The Morgan fingerprint density at radius 2 is 1.90 bits per heavy atom. The molecule has 0 saturated carbocycles. The van der Waals surface area contributed by atoms with Gasteiger partial charge in [-0.25, -0.2) is 13.6 Å². The van der Waals surface area contributed by atoms with Crippen LogP contribution in [0.1, 0.15) is 23.7 Å². The van der Waals surface area contributed by atoms with Gasteiger partial charge >= 0.3 is 5.97 Å². The minimum Gasteiger partial charge on any atom is -0.477 e. The zero-order valence-electron chi connectivity index (χ0n) is 15.7. The first-order chi connectivity index (χ1) is 13.7. The number of aromatic nitrogens is 1. The Hall–Kier alpha value is -3.26. The molecule has 1 aliphatic heterocycles. The molecule has 0 radical (unpaired) electrons. The van der Waals surface area contributed by atoms with Crippen LogP contribution in [0, 0.1) is 11.6 Å². The van der Waals surface area contributed by atoms with E-state index in [-0.39, 0.29) is 11.1 Å². The van der Waals surface area contributed by atoms with E-state index in [1.807, 2.05) is 6.92 Å². The van der Waals surface area contributed by atoms with Gasteiger partial charge in [0.2, 0.25) is 5.43 Å². The van der Waals surface area contributed by atoms with E-state index in [1.165, 1.54) is 41.1 Å². The van der Waals surface area contributed by atoms with Crippen molar-refractivity contribution in [3.63, 3.8) is 0 Å². The molecule has 1 aromatic heterocycles. The number of carboxylic acid groups (broad SMARTS) is 1. The predicted molar refractivity (Wildman–Crippen MR) is 106 cm³/mol. The van der Waals surface area contributed by atoms with Crippen LogP contribution in [0.15, 0.2) is 47.4 Å². The van der Waals surface area contributed by atoms with E-state index in [2.05, 4.69) is 0 Å². The van der Waals surface area contributed by atoms with E-state index in [1.54, 1.807) is 4.90 Å². The summed E-state index contributed by atoms with van der Waals surface area (Å²) in [4.78, 5) is 26.0. The third-order valence-electron chi connectivity index (χ3n) is 5.25. The quantitative estimate of drug-likeness (QED) is 0.707. The number of halogens is 2. The van der Waals surface area contributed by atoms with Gasteiger partial charge in [-0.15, -0.1) is 0 Å². The standard InChI is InChI=1S/C21H19F2N3O3/c1-21(24)6-7-25(11-21)18-9-17-14(8-16(18)23)19(27)15(20(28)29)10-26(17)13-4-2-12(22)3-5-13/h2-5,8-10H,6-7,11,24H2,1H3,(H,28,29). The van der Waals surface area contributed by atoms with Gasteiger partial charge in [0.15, 0.2) is 0 Å². The number of hydrogen-bond donors (Lipinski definition) is 2. The van der Waals surface area contributed by atoms with E-state index in [0.717, 1.165) is 6.07 Å². The molecule has 150 valence electrons. The molecule has 0 spiro atoms. The number of carboxylic acids is 1. The van der Waals surface area contributed by atoms with Crippen LogP contribution in [0.2, 0.25) is 0 Å². The van der Waals surface area contributed by atoms with Crippen LogP contribution in [0.3, 0.4) is 0 Å². The molecule has 2 aromatic carbocycles. The van der Waals surface area contributed by atoms with Gasteiger partial charge in [-0.05, 0) is 49.7 Å². The number of nitrogens with zero attached hydrogens (tertiary/aromatic N) is 2. The number of aromatic carboxylic acids is 1. The third kappa shape index (κ3) is 3.36. The summed E-state index contributed by atoms with van der Waals surface area (Å²) >= 11 is 0. The Kier molecular flexibility index (Phi) is 4.38. The molecule has 3 N–H and O–H groups in total. The van der Waals surface area contributed by atoms with E-state index < -0.39 is 34.1 Å². The topological polar surface area (TPSA) is 88.6 Å². The monoisotopic (exact) mass is 399 g/mol. The number of nitrogens with two attached hydrogens (primary N) is 1. The smallest absolute Gasteiger partial charge is 0.341 e. The molecular formula is C21H19F2N3O3. The number of carbonyl (C=O) groups is 1. The molecule has 0 bridgehead atoms. The second-order valence-electron chi connectivity index (χ2n) is 7.67. The van der Waals surface area contributed by atoms with Crippen molar-refractivity contribution in [3.05, 3.63) is 70.0 Å². The van der Waals surface area contributed by atoms with Crippen molar-refractivity contribution in [1.82, 2.24) is 4.57 Å². The number of fused-ring (bicyclic) bond motifs is 1. The number of hydrogen-bond acceptors (Lipinski definition) is 4. The van der Waals surface area contributed by atoms with Gasteiger partial charge in [-0.2, -0.15) is 0 Å². The minimum atomic E-state index is -1.42. The Morgan fingerprint density at radius 3 is 2.48 bits per heavy atom. The second kappa shape index (κ2) is 6.66. The van der Waals surface area contributed by atoms with Crippen LogP contribution in [0.4, 0.5) is 14.5 Å². The fourth-order valence-corrected chi connectivity index (χ4v) is 3.73. The summed E-state index contributed by atoms with van der Waals surface area (Å²) in [5.41, 5.74) is 5.49. The highest BCUT2D eigenvalue weighted by Gasteiger charge is 2.31. The van der Waals surface area contributed by atoms with Crippen molar-refractivity contribution < 1.29 is 18.7 Å².